The highest BCUT2D eigenvalue weighted by Crippen LogP contribution is 2.25. The second-order valence-corrected chi connectivity index (χ2v) is 5.89. The normalized spacial score (nSPS) is 12.4. The number of amides is 1. The van der Waals surface area contributed by atoms with Crippen LogP contribution in [-0.4, -0.2) is 17.2 Å². The average Bonchev–Trinajstić information content (AvgIpc) is 2.38. The molecule has 1 aromatic carbocycles. The first-order valence-electron chi connectivity index (χ1n) is 6.98. The molecule has 4 nitrogen and oxygen atoms in total. The SMILES string of the molecule is CC(C)CC(C)OC(=O)Nc1nc2ccccc2cc1Cl. The third-order valence-electron chi connectivity index (χ3n) is 3.01. The van der Waals surface area contributed by atoms with Crippen molar-refractivity contribution in [3.05, 3.63) is 35.4 Å². The highest BCUT2D eigenvalue weighted by atomic mass is 35.5. The van der Waals surface area contributed by atoms with Gasteiger partial charge in [0.15, 0.2) is 5.82 Å². The molecule has 1 atom stereocenters. The first-order valence-corrected chi connectivity index (χ1v) is 7.36. The molecule has 0 aliphatic rings. The number of para-hydroxylation sites is 1. The number of nitrogens with zero attached hydrogens (tertiary/aromatic N) is 1. The van der Waals surface area contributed by atoms with E-state index in [0.717, 1.165) is 17.3 Å². The summed E-state index contributed by atoms with van der Waals surface area (Å²) in [7, 11) is 0. The molecule has 0 aliphatic carbocycles. The fourth-order valence-corrected chi connectivity index (χ4v) is 2.41. The summed E-state index contributed by atoms with van der Waals surface area (Å²) in [6, 6.07) is 9.35. The van der Waals surface area contributed by atoms with Crippen LogP contribution in [0, 0.1) is 5.92 Å². The molecule has 0 saturated carbocycles. The van der Waals surface area contributed by atoms with Crippen molar-refractivity contribution < 1.29 is 9.53 Å². The molecule has 0 spiro atoms. The van der Waals surface area contributed by atoms with Crippen molar-refractivity contribution in [1.82, 2.24) is 4.98 Å². The van der Waals surface area contributed by atoms with Gasteiger partial charge in [0.1, 0.15) is 6.10 Å². The number of carbonyl (C=O) groups is 1. The van der Waals surface area contributed by atoms with Crippen molar-refractivity contribution in [3.63, 3.8) is 0 Å². The van der Waals surface area contributed by atoms with Crippen molar-refractivity contribution in [1.29, 1.82) is 0 Å². The van der Waals surface area contributed by atoms with Crippen molar-refractivity contribution in [2.75, 3.05) is 5.32 Å². The van der Waals surface area contributed by atoms with E-state index in [9.17, 15) is 4.79 Å². The number of hydrogen-bond donors (Lipinski definition) is 1. The number of carbonyl (C=O) groups excluding carboxylic acids is 1. The lowest BCUT2D eigenvalue weighted by Crippen LogP contribution is -2.22. The van der Waals surface area contributed by atoms with Crippen LogP contribution in [0.1, 0.15) is 27.2 Å². The third kappa shape index (κ3) is 4.33. The van der Waals surface area contributed by atoms with Crippen LogP contribution < -0.4 is 5.32 Å². The Hall–Kier alpha value is -1.81. The molecule has 1 heterocycles. The molecule has 1 unspecified atom stereocenters. The van der Waals surface area contributed by atoms with Crippen LogP contribution in [0.5, 0.6) is 0 Å². The molecule has 112 valence electrons. The fourth-order valence-electron chi connectivity index (χ4n) is 2.20. The molecule has 5 heteroatoms. The quantitative estimate of drug-likeness (QED) is 0.876. The van der Waals surface area contributed by atoms with E-state index in [1.807, 2.05) is 31.2 Å². The summed E-state index contributed by atoms with van der Waals surface area (Å²) >= 11 is 6.14. The Kier molecular flexibility index (Phi) is 5.02. The standard InChI is InChI=1S/C16H19ClN2O2/c1-10(2)8-11(3)21-16(20)19-15-13(17)9-12-6-4-5-7-14(12)18-15/h4-7,9-11H,8H2,1-3H3,(H,18,19,20). The molecule has 2 aromatic rings. The van der Waals surface area contributed by atoms with Crippen molar-refractivity contribution in [2.45, 2.75) is 33.3 Å². The summed E-state index contributed by atoms with van der Waals surface area (Å²) in [6.45, 7) is 6.04. The van der Waals surface area contributed by atoms with E-state index >= 15 is 0 Å². The average molecular weight is 307 g/mol. The van der Waals surface area contributed by atoms with Crippen LogP contribution in [0.25, 0.3) is 10.9 Å². The second kappa shape index (κ2) is 6.76. The maximum absolute atomic E-state index is 11.9. The first kappa shape index (κ1) is 15.6. The first-order chi connectivity index (χ1) is 9.95. The lowest BCUT2D eigenvalue weighted by Gasteiger charge is -2.15. The highest BCUT2D eigenvalue weighted by Gasteiger charge is 2.14. The van der Waals surface area contributed by atoms with Crippen LogP contribution in [0.2, 0.25) is 5.02 Å². The molecule has 1 aromatic heterocycles. The van der Waals surface area contributed by atoms with Gasteiger partial charge in [0.2, 0.25) is 0 Å². The van der Waals surface area contributed by atoms with Crippen LogP contribution in [0.15, 0.2) is 30.3 Å². The van der Waals surface area contributed by atoms with Gasteiger partial charge in [-0.2, -0.15) is 0 Å². The molecule has 1 amide bonds. The van der Waals surface area contributed by atoms with Crippen LogP contribution in [0.4, 0.5) is 10.6 Å². The summed E-state index contributed by atoms with van der Waals surface area (Å²) < 4.78 is 5.28. The molecule has 0 bridgehead atoms. The Balaban J connectivity index is 2.08. The number of benzene rings is 1. The zero-order chi connectivity index (χ0) is 15.4. The number of ether oxygens (including phenoxy) is 1. The lowest BCUT2D eigenvalue weighted by atomic mass is 10.1. The third-order valence-corrected chi connectivity index (χ3v) is 3.30. The zero-order valence-electron chi connectivity index (χ0n) is 12.4. The Morgan fingerprint density at radius 3 is 2.76 bits per heavy atom. The zero-order valence-corrected chi connectivity index (χ0v) is 13.1. The highest BCUT2D eigenvalue weighted by molar-refractivity contribution is 6.34. The van der Waals surface area contributed by atoms with Gasteiger partial charge in [-0.3, -0.25) is 5.32 Å². The van der Waals surface area contributed by atoms with E-state index in [4.69, 9.17) is 16.3 Å². The number of halogens is 1. The second-order valence-electron chi connectivity index (χ2n) is 5.48. The molecular formula is C16H19ClN2O2. The van der Waals surface area contributed by atoms with E-state index < -0.39 is 6.09 Å². The number of rotatable bonds is 4. The molecule has 2 rings (SSSR count). The van der Waals surface area contributed by atoms with E-state index in [-0.39, 0.29) is 6.10 Å². The number of hydrogen-bond acceptors (Lipinski definition) is 3. The molecule has 21 heavy (non-hydrogen) atoms. The topological polar surface area (TPSA) is 51.2 Å². The molecular weight excluding hydrogens is 288 g/mol. The minimum atomic E-state index is -0.534. The molecule has 0 radical (unpaired) electrons. The largest absolute Gasteiger partial charge is 0.446 e. The summed E-state index contributed by atoms with van der Waals surface area (Å²) in [6.07, 6.45) is 0.129. The molecule has 1 N–H and O–H groups in total. The van der Waals surface area contributed by atoms with Crippen molar-refractivity contribution in [3.8, 4) is 0 Å². The Labute approximate surface area is 129 Å². The van der Waals surface area contributed by atoms with Gasteiger partial charge in [0.25, 0.3) is 0 Å². The van der Waals surface area contributed by atoms with Crippen LogP contribution in [0.3, 0.4) is 0 Å². The van der Waals surface area contributed by atoms with Gasteiger partial charge in [-0.05, 0) is 31.4 Å². The van der Waals surface area contributed by atoms with E-state index in [2.05, 4.69) is 24.1 Å². The van der Waals surface area contributed by atoms with Gasteiger partial charge in [-0.15, -0.1) is 0 Å². The van der Waals surface area contributed by atoms with Gasteiger partial charge >= 0.3 is 6.09 Å². The Morgan fingerprint density at radius 1 is 1.33 bits per heavy atom. The van der Waals surface area contributed by atoms with Gasteiger partial charge in [-0.25, -0.2) is 9.78 Å². The van der Waals surface area contributed by atoms with Crippen molar-refractivity contribution >= 4 is 34.4 Å². The number of anilines is 1. The van der Waals surface area contributed by atoms with Crippen LogP contribution in [-0.2, 0) is 4.74 Å². The Bertz CT molecular complexity index is 643. The summed E-state index contributed by atoms with van der Waals surface area (Å²) in [5.74, 6) is 0.785. The number of aromatic nitrogens is 1. The molecule has 0 fully saturated rings. The van der Waals surface area contributed by atoms with Gasteiger partial charge in [0.05, 0.1) is 10.5 Å². The minimum Gasteiger partial charge on any atom is -0.446 e. The smallest absolute Gasteiger partial charge is 0.413 e. The predicted octanol–water partition coefficient (Wildman–Crippen LogP) is 4.87. The monoisotopic (exact) mass is 306 g/mol. The number of fused-ring (bicyclic) bond motifs is 1. The van der Waals surface area contributed by atoms with Crippen molar-refractivity contribution in [2.24, 2.45) is 5.92 Å². The summed E-state index contributed by atoms with van der Waals surface area (Å²) in [5.41, 5.74) is 0.771. The minimum absolute atomic E-state index is 0.149. The maximum Gasteiger partial charge on any atom is 0.413 e. The summed E-state index contributed by atoms with van der Waals surface area (Å²) in [5, 5.41) is 3.92. The number of pyridine rings is 1. The van der Waals surface area contributed by atoms with Gasteiger partial charge in [-0.1, -0.05) is 43.6 Å². The fraction of sp³-hybridized carbons (Fsp3) is 0.375. The lowest BCUT2D eigenvalue weighted by molar-refractivity contribution is 0.108. The van der Waals surface area contributed by atoms with Crippen LogP contribution >= 0.6 is 11.6 Å². The number of nitrogens with one attached hydrogen (secondary N) is 1. The molecule has 0 saturated heterocycles. The van der Waals surface area contributed by atoms with E-state index in [0.29, 0.717) is 16.8 Å². The molecule has 0 aliphatic heterocycles. The predicted molar refractivity (Wildman–Crippen MR) is 85.8 cm³/mol. The van der Waals surface area contributed by atoms with Gasteiger partial charge < -0.3 is 4.74 Å². The van der Waals surface area contributed by atoms with E-state index in [1.54, 1.807) is 6.07 Å². The Morgan fingerprint density at radius 2 is 2.05 bits per heavy atom. The van der Waals surface area contributed by atoms with E-state index in [1.165, 1.54) is 0 Å². The van der Waals surface area contributed by atoms with Gasteiger partial charge in [0, 0.05) is 5.39 Å². The summed E-state index contributed by atoms with van der Waals surface area (Å²) in [4.78, 5) is 16.2. The maximum atomic E-state index is 11.9.